The van der Waals surface area contributed by atoms with E-state index in [2.05, 4.69) is 10.5 Å². The van der Waals surface area contributed by atoms with Gasteiger partial charge in [0, 0.05) is 43.2 Å². The quantitative estimate of drug-likeness (QED) is 0.485. The van der Waals surface area contributed by atoms with E-state index >= 15 is 0 Å². The maximum atomic E-state index is 12.2. The molecule has 2 aromatic carbocycles. The van der Waals surface area contributed by atoms with E-state index < -0.39 is 10.0 Å². The van der Waals surface area contributed by atoms with Gasteiger partial charge in [0.2, 0.25) is 15.9 Å². The van der Waals surface area contributed by atoms with Crippen molar-refractivity contribution in [2.24, 2.45) is 10.8 Å². The van der Waals surface area contributed by atoms with Gasteiger partial charge < -0.3 is 19.9 Å². The van der Waals surface area contributed by atoms with Crippen molar-refractivity contribution in [3.8, 4) is 16.9 Å². The third kappa shape index (κ3) is 4.72. The molecule has 3 aromatic rings. The van der Waals surface area contributed by atoms with Crippen LogP contribution in [0.4, 0.5) is 11.4 Å². The number of nitrogens with zero attached hydrogens (tertiary/aromatic N) is 5. The molecule has 0 saturated carbocycles. The second-order valence-electron chi connectivity index (χ2n) is 9.05. The summed E-state index contributed by atoms with van der Waals surface area (Å²) in [5, 5.41) is 6.22. The van der Waals surface area contributed by atoms with Gasteiger partial charge >= 0.3 is 0 Å². The van der Waals surface area contributed by atoms with Crippen LogP contribution in [0.15, 0.2) is 53.8 Å². The fourth-order valence-corrected chi connectivity index (χ4v) is 5.10. The molecule has 194 valence electrons. The minimum absolute atomic E-state index is 0.0185. The van der Waals surface area contributed by atoms with Gasteiger partial charge in [0.15, 0.2) is 0 Å². The second kappa shape index (κ2) is 9.45. The molecule has 0 unspecified atom stereocenters. The van der Waals surface area contributed by atoms with Crippen molar-refractivity contribution in [3.05, 3.63) is 65.5 Å². The number of hydrogen-bond donors (Lipinski definition) is 2. The van der Waals surface area contributed by atoms with Crippen molar-refractivity contribution in [1.82, 2.24) is 14.6 Å². The Kier molecular flexibility index (Phi) is 6.30. The smallest absolute Gasteiger partial charge is 0.236 e. The minimum Gasteiger partial charge on any atom is -0.495 e. The predicted molar refractivity (Wildman–Crippen MR) is 142 cm³/mol. The molecule has 0 radical (unpaired) electrons. The molecule has 2 aliphatic rings. The van der Waals surface area contributed by atoms with Crippen molar-refractivity contribution in [1.29, 1.82) is 0 Å². The number of nitrogens with one attached hydrogen (secondary N) is 1. The summed E-state index contributed by atoms with van der Waals surface area (Å²) in [6.45, 7) is 1.45. The van der Waals surface area contributed by atoms with E-state index in [1.807, 2.05) is 47.2 Å². The van der Waals surface area contributed by atoms with Gasteiger partial charge in [-0.15, -0.1) is 5.10 Å². The highest BCUT2D eigenvalue weighted by Crippen LogP contribution is 2.36. The molecule has 12 heteroatoms. The SMILES string of the molecule is COc1cc2c(cc1NN1Cc3cc(-c4ccccc4N(C)S(C)(=O)=O)cn3C=N1)CN(C(=O)CN)C2. The van der Waals surface area contributed by atoms with Crippen LogP contribution in [0.1, 0.15) is 16.8 Å². The highest BCUT2D eigenvalue weighted by atomic mass is 32.2. The van der Waals surface area contributed by atoms with E-state index in [4.69, 9.17) is 10.5 Å². The normalized spacial score (nSPS) is 14.4. The van der Waals surface area contributed by atoms with E-state index in [0.29, 0.717) is 31.1 Å². The number of amides is 1. The Morgan fingerprint density at radius 2 is 1.89 bits per heavy atom. The number of hydrazone groups is 1. The van der Waals surface area contributed by atoms with Gasteiger partial charge in [-0.3, -0.25) is 14.5 Å². The molecule has 0 fully saturated rings. The zero-order valence-corrected chi connectivity index (χ0v) is 21.7. The first-order valence-electron chi connectivity index (χ1n) is 11.7. The van der Waals surface area contributed by atoms with Crippen LogP contribution >= 0.6 is 0 Å². The molecule has 0 bridgehead atoms. The Balaban J connectivity index is 1.37. The number of aromatic nitrogens is 1. The number of hydrogen-bond acceptors (Lipinski definition) is 8. The van der Waals surface area contributed by atoms with E-state index in [1.165, 1.54) is 10.6 Å². The molecule has 0 aliphatic carbocycles. The molecule has 0 atom stereocenters. The second-order valence-corrected chi connectivity index (χ2v) is 11.1. The number of rotatable bonds is 7. The van der Waals surface area contributed by atoms with Crippen LogP contribution in [-0.2, 0) is 34.5 Å². The molecule has 1 aromatic heterocycles. The molecular weight excluding hydrogens is 494 g/mol. The number of carbonyl (C=O) groups is 1. The van der Waals surface area contributed by atoms with Gasteiger partial charge in [-0.25, -0.2) is 13.5 Å². The molecule has 3 N–H and O–H groups in total. The maximum absolute atomic E-state index is 12.2. The average Bonchev–Trinajstić information content (AvgIpc) is 3.50. The Morgan fingerprint density at radius 3 is 2.59 bits per heavy atom. The van der Waals surface area contributed by atoms with Crippen LogP contribution < -0.4 is 20.2 Å². The molecule has 0 spiro atoms. The van der Waals surface area contributed by atoms with Crippen molar-refractivity contribution >= 4 is 33.6 Å². The van der Waals surface area contributed by atoms with E-state index in [0.717, 1.165) is 33.6 Å². The Labute approximate surface area is 215 Å². The number of hydrazine groups is 1. The third-order valence-corrected chi connectivity index (χ3v) is 7.82. The lowest BCUT2D eigenvalue weighted by molar-refractivity contribution is -0.130. The molecule has 2 aliphatic heterocycles. The van der Waals surface area contributed by atoms with Gasteiger partial charge in [-0.2, -0.15) is 0 Å². The number of ether oxygens (including phenoxy) is 1. The zero-order chi connectivity index (χ0) is 26.3. The van der Waals surface area contributed by atoms with E-state index in [1.54, 1.807) is 36.6 Å². The lowest BCUT2D eigenvalue weighted by Crippen LogP contribution is -2.31. The van der Waals surface area contributed by atoms with Gasteiger partial charge in [-0.05, 0) is 35.4 Å². The average molecular weight is 524 g/mol. The predicted octanol–water partition coefficient (Wildman–Crippen LogP) is 1.99. The fourth-order valence-electron chi connectivity index (χ4n) is 4.59. The standard InChI is InChI=1S/C25H29N7O4S/c1-29(37(3,34)35)23-7-5-4-6-21(23)19-8-20-15-32(27-16-31(20)14-19)28-22-9-17-12-30(25(33)11-26)13-18(17)10-24(22)36-2/h4-10,14,16,28H,11-13,15,26H2,1-3H3. The number of sulfonamides is 1. The molecule has 37 heavy (non-hydrogen) atoms. The number of methoxy groups -OCH3 is 1. The largest absolute Gasteiger partial charge is 0.495 e. The Hall–Kier alpha value is -4.03. The topological polar surface area (TPSA) is 125 Å². The number of fused-ring (bicyclic) bond motifs is 2. The summed E-state index contributed by atoms with van der Waals surface area (Å²) in [7, 11) is -0.259. The van der Waals surface area contributed by atoms with Crippen LogP contribution in [0, 0.1) is 0 Å². The Morgan fingerprint density at radius 1 is 1.16 bits per heavy atom. The molecular formula is C25H29N7O4S. The van der Waals surface area contributed by atoms with E-state index in [-0.39, 0.29) is 12.5 Å². The first kappa shape index (κ1) is 24.7. The summed E-state index contributed by atoms with van der Waals surface area (Å²) in [6.07, 6.45) is 4.81. The summed E-state index contributed by atoms with van der Waals surface area (Å²) in [5.74, 6) is 0.557. The highest BCUT2D eigenvalue weighted by Gasteiger charge is 2.25. The van der Waals surface area contributed by atoms with Crippen molar-refractivity contribution in [2.45, 2.75) is 19.6 Å². The van der Waals surface area contributed by atoms with Crippen LogP contribution in [0.5, 0.6) is 5.75 Å². The lowest BCUT2D eigenvalue weighted by atomic mass is 10.1. The molecule has 3 heterocycles. The molecule has 1 amide bonds. The van der Waals surface area contributed by atoms with Gasteiger partial charge in [0.25, 0.3) is 0 Å². The highest BCUT2D eigenvalue weighted by molar-refractivity contribution is 7.92. The number of para-hydroxylation sites is 1. The summed E-state index contributed by atoms with van der Waals surface area (Å²) in [4.78, 5) is 13.8. The summed E-state index contributed by atoms with van der Waals surface area (Å²) < 4.78 is 33.1. The maximum Gasteiger partial charge on any atom is 0.236 e. The van der Waals surface area contributed by atoms with Crippen LogP contribution in [0.2, 0.25) is 0 Å². The first-order chi connectivity index (χ1) is 17.7. The van der Waals surface area contributed by atoms with Crippen molar-refractivity contribution in [2.75, 3.05) is 36.7 Å². The summed E-state index contributed by atoms with van der Waals surface area (Å²) >= 11 is 0. The van der Waals surface area contributed by atoms with Crippen LogP contribution in [-0.4, -0.2) is 62.2 Å². The minimum atomic E-state index is -3.41. The molecule has 0 saturated heterocycles. The Bertz CT molecular complexity index is 1500. The fraction of sp³-hybridized carbons (Fsp3) is 0.280. The third-order valence-electron chi connectivity index (χ3n) is 6.63. The number of carbonyl (C=O) groups excluding carboxylic acids is 1. The van der Waals surface area contributed by atoms with Crippen LogP contribution in [0.3, 0.4) is 0 Å². The summed E-state index contributed by atoms with van der Waals surface area (Å²) in [6, 6.07) is 13.3. The molecule has 11 nitrogen and oxygen atoms in total. The molecule has 5 rings (SSSR count). The lowest BCUT2D eigenvalue weighted by Gasteiger charge is -2.25. The van der Waals surface area contributed by atoms with Crippen LogP contribution in [0.25, 0.3) is 11.1 Å². The number of anilines is 2. The number of nitrogens with two attached hydrogens (primary N) is 1. The number of benzene rings is 2. The van der Waals surface area contributed by atoms with Gasteiger partial charge in [0.1, 0.15) is 12.1 Å². The van der Waals surface area contributed by atoms with Gasteiger partial charge in [0.05, 0.1) is 37.8 Å². The van der Waals surface area contributed by atoms with Crippen molar-refractivity contribution < 1.29 is 17.9 Å². The zero-order valence-electron chi connectivity index (χ0n) is 20.9. The monoisotopic (exact) mass is 523 g/mol. The first-order valence-corrected chi connectivity index (χ1v) is 13.5. The van der Waals surface area contributed by atoms with E-state index in [9.17, 15) is 13.2 Å². The summed E-state index contributed by atoms with van der Waals surface area (Å²) in [5.41, 5.74) is 14.9. The van der Waals surface area contributed by atoms with Crippen molar-refractivity contribution in [3.63, 3.8) is 0 Å². The van der Waals surface area contributed by atoms with Gasteiger partial charge in [-0.1, -0.05) is 18.2 Å².